The molecule has 1 atom stereocenters. The average Bonchev–Trinajstić information content (AvgIpc) is 2.89. The Morgan fingerprint density at radius 1 is 1.61 bits per heavy atom. The van der Waals surface area contributed by atoms with Crippen LogP contribution in [0.5, 0.6) is 0 Å². The summed E-state index contributed by atoms with van der Waals surface area (Å²) in [5.74, 6) is 0. The monoisotopic (exact) mass is 266 g/mol. The van der Waals surface area contributed by atoms with Gasteiger partial charge in [0.05, 0.1) is 18.4 Å². The molecular weight excluding hydrogens is 248 g/mol. The molecule has 5 nitrogen and oxygen atoms in total. The molecule has 18 heavy (non-hydrogen) atoms. The minimum absolute atomic E-state index is 0.299. The van der Waals surface area contributed by atoms with Crippen LogP contribution in [0.15, 0.2) is 17.8 Å². The SMILES string of the molecule is CN1CCOC(CNCc2cn3ccsc3n2)C1. The molecule has 6 heteroatoms. The minimum Gasteiger partial charge on any atom is -0.374 e. The lowest BCUT2D eigenvalue weighted by Crippen LogP contribution is -2.44. The maximum Gasteiger partial charge on any atom is 0.193 e. The van der Waals surface area contributed by atoms with Crippen LogP contribution in [-0.2, 0) is 11.3 Å². The molecule has 1 aliphatic rings. The van der Waals surface area contributed by atoms with E-state index in [9.17, 15) is 0 Å². The van der Waals surface area contributed by atoms with Crippen LogP contribution in [0.2, 0.25) is 0 Å². The summed E-state index contributed by atoms with van der Waals surface area (Å²) in [6, 6.07) is 0. The van der Waals surface area contributed by atoms with E-state index in [1.54, 1.807) is 11.3 Å². The normalized spacial score (nSPS) is 21.7. The second kappa shape index (κ2) is 5.36. The van der Waals surface area contributed by atoms with Crippen molar-refractivity contribution in [2.75, 3.05) is 33.3 Å². The predicted octanol–water partition coefficient (Wildman–Crippen LogP) is 0.816. The summed E-state index contributed by atoms with van der Waals surface area (Å²) in [5, 5.41) is 5.47. The van der Waals surface area contributed by atoms with E-state index in [-0.39, 0.29) is 0 Å². The fraction of sp³-hybridized carbons (Fsp3) is 0.583. The highest BCUT2D eigenvalue weighted by molar-refractivity contribution is 7.15. The van der Waals surface area contributed by atoms with Crippen molar-refractivity contribution in [3.8, 4) is 0 Å². The van der Waals surface area contributed by atoms with Gasteiger partial charge in [0.1, 0.15) is 0 Å². The first kappa shape index (κ1) is 12.1. The number of aromatic nitrogens is 2. The summed E-state index contributed by atoms with van der Waals surface area (Å²) in [5.41, 5.74) is 1.09. The molecule has 98 valence electrons. The van der Waals surface area contributed by atoms with Crippen molar-refractivity contribution < 1.29 is 4.74 Å². The van der Waals surface area contributed by atoms with E-state index in [0.717, 1.165) is 43.4 Å². The number of imidazole rings is 1. The first-order valence-corrected chi connectivity index (χ1v) is 7.11. The lowest BCUT2D eigenvalue weighted by Gasteiger charge is -2.30. The van der Waals surface area contributed by atoms with E-state index in [1.807, 2.05) is 11.6 Å². The fourth-order valence-electron chi connectivity index (χ4n) is 2.21. The molecule has 0 saturated carbocycles. The van der Waals surface area contributed by atoms with Crippen LogP contribution in [-0.4, -0.2) is 53.7 Å². The highest BCUT2D eigenvalue weighted by Gasteiger charge is 2.17. The summed E-state index contributed by atoms with van der Waals surface area (Å²) in [4.78, 5) is 7.90. The zero-order chi connectivity index (χ0) is 12.4. The minimum atomic E-state index is 0.299. The van der Waals surface area contributed by atoms with E-state index >= 15 is 0 Å². The van der Waals surface area contributed by atoms with Gasteiger partial charge in [0.15, 0.2) is 4.96 Å². The average molecular weight is 266 g/mol. The van der Waals surface area contributed by atoms with Crippen LogP contribution in [0.3, 0.4) is 0 Å². The summed E-state index contributed by atoms with van der Waals surface area (Å²) in [7, 11) is 2.14. The molecule has 0 spiro atoms. The van der Waals surface area contributed by atoms with Gasteiger partial charge in [-0.15, -0.1) is 11.3 Å². The first-order valence-electron chi connectivity index (χ1n) is 6.23. The Morgan fingerprint density at radius 3 is 3.39 bits per heavy atom. The van der Waals surface area contributed by atoms with Crippen LogP contribution < -0.4 is 5.32 Å². The number of rotatable bonds is 4. The van der Waals surface area contributed by atoms with Crippen molar-refractivity contribution in [2.45, 2.75) is 12.6 Å². The number of thiazole rings is 1. The third-order valence-electron chi connectivity index (χ3n) is 3.16. The van der Waals surface area contributed by atoms with Crippen molar-refractivity contribution in [1.82, 2.24) is 19.6 Å². The largest absolute Gasteiger partial charge is 0.374 e. The van der Waals surface area contributed by atoms with Gasteiger partial charge in [-0.2, -0.15) is 0 Å². The van der Waals surface area contributed by atoms with Crippen LogP contribution in [0.4, 0.5) is 0 Å². The molecule has 2 aromatic heterocycles. The van der Waals surface area contributed by atoms with Gasteiger partial charge in [0, 0.05) is 44.0 Å². The Morgan fingerprint density at radius 2 is 2.56 bits per heavy atom. The van der Waals surface area contributed by atoms with Gasteiger partial charge in [-0.3, -0.25) is 4.40 Å². The van der Waals surface area contributed by atoms with Gasteiger partial charge in [-0.25, -0.2) is 4.98 Å². The highest BCUT2D eigenvalue weighted by atomic mass is 32.1. The van der Waals surface area contributed by atoms with Gasteiger partial charge in [-0.05, 0) is 7.05 Å². The number of hydrogen-bond donors (Lipinski definition) is 1. The second-order valence-electron chi connectivity index (χ2n) is 4.71. The Hall–Kier alpha value is -0.950. The van der Waals surface area contributed by atoms with Crippen molar-refractivity contribution in [3.05, 3.63) is 23.5 Å². The lowest BCUT2D eigenvalue weighted by molar-refractivity contribution is -0.0182. The standard InChI is InChI=1S/C12H18N4OS/c1-15-2-4-17-11(9-15)7-13-6-10-8-16-3-5-18-12(16)14-10/h3,5,8,11,13H,2,4,6-7,9H2,1H3. The van der Waals surface area contributed by atoms with Crippen molar-refractivity contribution in [3.63, 3.8) is 0 Å². The number of likely N-dealkylation sites (N-methyl/N-ethyl adjacent to an activating group) is 1. The molecular formula is C12H18N4OS. The summed E-state index contributed by atoms with van der Waals surface area (Å²) < 4.78 is 7.76. The molecule has 0 radical (unpaired) electrons. The van der Waals surface area contributed by atoms with Gasteiger partial charge < -0.3 is 15.0 Å². The number of morpholine rings is 1. The molecule has 0 aliphatic carbocycles. The molecule has 1 saturated heterocycles. The molecule has 0 amide bonds. The molecule has 1 unspecified atom stereocenters. The maximum absolute atomic E-state index is 5.70. The van der Waals surface area contributed by atoms with E-state index in [4.69, 9.17) is 4.74 Å². The Kier molecular flexibility index (Phi) is 3.60. The van der Waals surface area contributed by atoms with Gasteiger partial charge in [0.25, 0.3) is 0 Å². The van der Waals surface area contributed by atoms with E-state index < -0.39 is 0 Å². The van der Waals surface area contributed by atoms with Crippen LogP contribution in [0, 0.1) is 0 Å². The molecule has 1 aliphatic heterocycles. The zero-order valence-electron chi connectivity index (χ0n) is 10.5. The molecule has 2 aromatic rings. The maximum atomic E-state index is 5.70. The molecule has 1 N–H and O–H groups in total. The summed E-state index contributed by atoms with van der Waals surface area (Å²) >= 11 is 1.66. The van der Waals surface area contributed by atoms with E-state index in [2.05, 4.69) is 32.8 Å². The van der Waals surface area contributed by atoms with Gasteiger partial charge in [-0.1, -0.05) is 0 Å². The summed E-state index contributed by atoms with van der Waals surface area (Å²) in [6.45, 7) is 4.57. The molecule has 3 heterocycles. The smallest absolute Gasteiger partial charge is 0.193 e. The van der Waals surface area contributed by atoms with Crippen LogP contribution in [0.25, 0.3) is 4.96 Å². The Labute approximate surface area is 110 Å². The number of hydrogen-bond acceptors (Lipinski definition) is 5. The van der Waals surface area contributed by atoms with Crippen molar-refractivity contribution >= 4 is 16.3 Å². The topological polar surface area (TPSA) is 41.8 Å². The first-order chi connectivity index (χ1) is 8.81. The number of ether oxygens (including phenoxy) is 1. The number of nitrogens with one attached hydrogen (secondary N) is 1. The zero-order valence-corrected chi connectivity index (χ0v) is 11.3. The third kappa shape index (κ3) is 2.72. The lowest BCUT2D eigenvalue weighted by atomic mass is 10.3. The van der Waals surface area contributed by atoms with E-state index in [0.29, 0.717) is 6.10 Å². The van der Waals surface area contributed by atoms with Crippen LogP contribution >= 0.6 is 11.3 Å². The van der Waals surface area contributed by atoms with Gasteiger partial charge in [0.2, 0.25) is 0 Å². The van der Waals surface area contributed by atoms with Crippen molar-refractivity contribution in [2.24, 2.45) is 0 Å². The number of fused-ring (bicyclic) bond motifs is 1. The molecule has 1 fully saturated rings. The fourth-order valence-corrected chi connectivity index (χ4v) is 2.93. The van der Waals surface area contributed by atoms with Gasteiger partial charge >= 0.3 is 0 Å². The van der Waals surface area contributed by atoms with Crippen LogP contribution in [0.1, 0.15) is 5.69 Å². The van der Waals surface area contributed by atoms with Crippen molar-refractivity contribution in [1.29, 1.82) is 0 Å². The Bertz CT molecular complexity index is 480. The molecule has 3 rings (SSSR count). The second-order valence-corrected chi connectivity index (χ2v) is 5.58. The predicted molar refractivity (Wildman–Crippen MR) is 72.0 cm³/mol. The summed E-state index contributed by atoms with van der Waals surface area (Å²) in [6.07, 6.45) is 4.41. The Balaban J connectivity index is 1.48. The quantitative estimate of drug-likeness (QED) is 0.889. The third-order valence-corrected chi connectivity index (χ3v) is 3.93. The highest BCUT2D eigenvalue weighted by Crippen LogP contribution is 2.11. The van der Waals surface area contributed by atoms with E-state index in [1.165, 1.54) is 0 Å². The molecule has 0 aromatic carbocycles. The molecule has 0 bridgehead atoms. The number of nitrogens with zero attached hydrogens (tertiary/aromatic N) is 3.